The first-order valence-corrected chi connectivity index (χ1v) is 8.33. The number of aromatic carboxylic acids is 1. The molecule has 2 heterocycles. The fourth-order valence-electron chi connectivity index (χ4n) is 3.10. The van der Waals surface area contributed by atoms with Crippen molar-refractivity contribution in [2.45, 2.75) is 6.61 Å². The summed E-state index contributed by atoms with van der Waals surface area (Å²) in [7, 11) is 0. The predicted octanol–water partition coefficient (Wildman–Crippen LogP) is 4.88. The number of hydrogen-bond acceptors (Lipinski definition) is 2. The van der Waals surface area contributed by atoms with Crippen LogP contribution in [0.3, 0.4) is 0 Å². The lowest BCUT2D eigenvalue weighted by molar-refractivity contribution is 0.0700. The average molecular weight is 343 g/mol. The van der Waals surface area contributed by atoms with Gasteiger partial charge in [-0.2, -0.15) is 0 Å². The first-order chi connectivity index (χ1) is 12.7. The molecule has 0 bridgehead atoms. The summed E-state index contributed by atoms with van der Waals surface area (Å²) in [6, 6.07) is 22.9. The van der Waals surface area contributed by atoms with Gasteiger partial charge in [0.2, 0.25) is 0 Å². The molecule has 4 nitrogen and oxygen atoms in total. The van der Waals surface area contributed by atoms with Crippen molar-refractivity contribution in [3.63, 3.8) is 0 Å². The first-order valence-electron chi connectivity index (χ1n) is 8.33. The molecule has 0 radical (unpaired) electrons. The summed E-state index contributed by atoms with van der Waals surface area (Å²) in [6.45, 7) is 0.424. The number of carbonyl (C=O) groups is 1. The van der Waals surface area contributed by atoms with Gasteiger partial charge >= 0.3 is 5.97 Å². The first kappa shape index (κ1) is 16.0. The molecule has 0 aliphatic heterocycles. The lowest BCUT2D eigenvalue weighted by Crippen LogP contribution is -2.00. The molecule has 0 saturated heterocycles. The van der Waals surface area contributed by atoms with Gasteiger partial charge < -0.3 is 14.2 Å². The molecule has 0 spiro atoms. The Morgan fingerprint density at radius 3 is 2.42 bits per heavy atom. The van der Waals surface area contributed by atoms with Crippen molar-refractivity contribution in [2.75, 3.05) is 0 Å². The molecule has 0 amide bonds. The van der Waals surface area contributed by atoms with E-state index in [1.165, 1.54) is 0 Å². The maximum atomic E-state index is 11.9. The van der Waals surface area contributed by atoms with Crippen LogP contribution in [-0.2, 0) is 6.61 Å². The van der Waals surface area contributed by atoms with Crippen LogP contribution in [-0.4, -0.2) is 15.5 Å². The largest absolute Gasteiger partial charge is 0.488 e. The summed E-state index contributed by atoms with van der Waals surface area (Å²) in [4.78, 5) is 11.9. The van der Waals surface area contributed by atoms with E-state index in [0.29, 0.717) is 23.4 Å². The van der Waals surface area contributed by atoms with Gasteiger partial charge in [-0.15, -0.1) is 0 Å². The zero-order chi connectivity index (χ0) is 17.9. The highest BCUT2D eigenvalue weighted by Gasteiger charge is 2.20. The standard InChI is InChI=1S/C22H17NO3/c24-22(25)21-18(14-23-13-7-6-11-19(21)23)17-10-4-5-12-20(17)26-15-16-8-2-1-3-9-16/h1-14H,15H2,(H,24,25). The smallest absolute Gasteiger partial charge is 0.338 e. The molecule has 2 aromatic heterocycles. The van der Waals surface area contributed by atoms with E-state index >= 15 is 0 Å². The molecule has 2 aromatic carbocycles. The lowest BCUT2D eigenvalue weighted by Gasteiger charge is -2.11. The fourth-order valence-corrected chi connectivity index (χ4v) is 3.10. The molecule has 4 aromatic rings. The SMILES string of the molecule is O=C(O)c1c(-c2ccccc2OCc2ccccc2)cn2ccccc12. The van der Waals surface area contributed by atoms with Crippen molar-refractivity contribution in [2.24, 2.45) is 0 Å². The molecule has 4 heteroatoms. The third-order valence-corrected chi connectivity index (χ3v) is 4.31. The highest BCUT2D eigenvalue weighted by atomic mass is 16.5. The van der Waals surface area contributed by atoms with Crippen LogP contribution in [0.5, 0.6) is 5.75 Å². The summed E-state index contributed by atoms with van der Waals surface area (Å²) < 4.78 is 7.83. The Kier molecular flexibility index (Phi) is 4.15. The zero-order valence-electron chi connectivity index (χ0n) is 14.0. The molecule has 1 N–H and O–H groups in total. The molecule has 0 aliphatic rings. The summed E-state index contributed by atoms with van der Waals surface area (Å²) in [5.41, 5.74) is 3.41. The molecular weight excluding hydrogens is 326 g/mol. The van der Waals surface area contributed by atoms with E-state index in [2.05, 4.69) is 0 Å². The minimum Gasteiger partial charge on any atom is -0.488 e. The second-order valence-electron chi connectivity index (χ2n) is 5.99. The highest BCUT2D eigenvalue weighted by Crippen LogP contribution is 2.35. The van der Waals surface area contributed by atoms with Gasteiger partial charge in [-0.1, -0.05) is 54.6 Å². The summed E-state index contributed by atoms with van der Waals surface area (Å²) in [5.74, 6) is -0.290. The third kappa shape index (κ3) is 2.93. The summed E-state index contributed by atoms with van der Waals surface area (Å²) >= 11 is 0. The Labute approximate surface area is 150 Å². The van der Waals surface area contributed by atoms with Crippen molar-refractivity contribution in [1.82, 2.24) is 4.40 Å². The number of aromatic nitrogens is 1. The molecule has 0 atom stereocenters. The normalized spacial score (nSPS) is 10.8. The van der Waals surface area contributed by atoms with Gasteiger partial charge in [0.1, 0.15) is 12.4 Å². The number of benzene rings is 2. The molecule has 0 aliphatic carbocycles. The quantitative estimate of drug-likeness (QED) is 0.562. The molecule has 0 fully saturated rings. The maximum absolute atomic E-state index is 11.9. The minimum absolute atomic E-state index is 0.279. The number of rotatable bonds is 5. The van der Waals surface area contributed by atoms with E-state index in [9.17, 15) is 9.90 Å². The van der Waals surface area contributed by atoms with Gasteiger partial charge in [0.05, 0.1) is 11.1 Å². The Morgan fingerprint density at radius 1 is 0.885 bits per heavy atom. The maximum Gasteiger partial charge on any atom is 0.338 e. The Bertz CT molecular complexity index is 1070. The van der Waals surface area contributed by atoms with E-state index in [4.69, 9.17) is 4.74 Å². The van der Waals surface area contributed by atoms with Crippen molar-refractivity contribution in [3.8, 4) is 16.9 Å². The second-order valence-corrected chi connectivity index (χ2v) is 5.99. The van der Waals surface area contributed by atoms with Crippen LogP contribution in [0.2, 0.25) is 0 Å². The van der Waals surface area contributed by atoms with Crippen LogP contribution in [0.15, 0.2) is 85.2 Å². The molecule has 0 saturated carbocycles. The van der Waals surface area contributed by atoms with E-state index in [0.717, 1.165) is 11.1 Å². The third-order valence-electron chi connectivity index (χ3n) is 4.31. The van der Waals surface area contributed by atoms with Crippen LogP contribution in [0, 0.1) is 0 Å². The molecular formula is C22H17NO3. The summed E-state index contributed by atoms with van der Waals surface area (Å²) in [6.07, 6.45) is 3.68. The van der Waals surface area contributed by atoms with Gasteiger partial charge in [-0.25, -0.2) is 4.79 Å². The number of carboxylic acid groups (broad SMARTS) is 1. The topological polar surface area (TPSA) is 50.9 Å². The number of para-hydroxylation sites is 1. The Balaban J connectivity index is 1.78. The number of ether oxygens (including phenoxy) is 1. The van der Waals surface area contributed by atoms with Gasteiger partial charge in [-0.05, 0) is 23.8 Å². The Morgan fingerprint density at radius 2 is 1.62 bits per heavy atom. The second kappa shape index (κ2) is 6.76. The van der Waals surface area contributed by atoms with Gasteiger partial charge in [0.15, 0.2) is 0 Å². The number of carboxylic acids is 1. The number of nitrogens with zero attached hydrogens (tertiary/aromatic N) is 1. The monoisotopic (exact) mass is 343 g/mol. The van der Waals surface area contributed by atoms with Crippen molar-refractivity contribution >= 4 is 11.5 Å². The van der Waals surface area contributed by atoms with Crippen LogP contribution >= 0.6 is 0 Å². The van der Waals surface area contributed by atoms with Crippen molar-refractivity contribution in [1.29, 1.82) is 0 Å². The van der Waals surface area contributed by atoms with E-state index in [-0.39, 0.29) is 5.56 Å². The fraction of sp³-hybridized carbons (Fsp3) is 0.0455. The number of hydrogen-bond donors (Lipinski definition) is 1. The molecule has 26 heavy (non-hydrogen) atoms. The Hall–Kier alpha value is -3.53. The zero-order valence-corrected chi connectivity index (χ0v) is 14.0. The van der Waals surface area contributed by atoms with Crippen LogP contribution in [0.4, 0.5) is 0 Å². The number of fused-ring (bicyclic) bond motifs is 1. The molecule has 128 valence electrons. The lowest BCUT2D eigenvalue weighted by atomic mass is 10.0. The molecule has 4 rings (SSSR count). The average Bonchev–Trinajstić information content (AvgIpc) is 3.07. The molecule has 0 unspecified atom stereocenters. The minimum atomic E-state index is -0.952. The van der Waals surface area contributed by atoms with E-state index in [1.54, 1.807) is 6.07 Å². The van der Waals surface area contributed by atoms with Crippen LogP contribution in [0.1, 0.15) is 15.9 Å². The van der Waals surface area contributed by atoms with E-state index < -0.39 is 5.97 Å². The van der Waals surface area contributed by atoms with Gasteiger partial charge in [-0.3, -0.25) is 0 Å². The van der Waals surface area contributed by atoms with Crippen molar-refractivity contribution < 1.29 is 14.6 Å². The van der Waals surface area contributed by atoms with Crippen molar-refractivity contribution in [3.05, 3.63) is 96.3 Å². The van der Waals surface area contributed by atoms with E-state index in [1.807, 2.05) is 83.5 Å². The predicted molar refractivity (Wildman–Crippen MR) is 101 cm³/mol. The summed E-state index contributed by atoms with van der Waals surface area (Å²) in [5, 5.41) is 9.76. The number of pyridine rings is 1. The van der Waals surface area contributed by atoms with Crippen LogP contribution in [0.25, 0.3) is 16.6 Å². The highest BCUT2D eigenvalue weighted by molar-refractivity contribution is 6.04. The van der Waals surface area contributed by atoms with Gasteiger partial charge in [0.25, 0.3) is 0 Å². The van der Waals surface area contributed by atoms with Crippen LogP contribution < -0.4 is 4.74 Å². The van der Waals surface area contributed by atoms with Gasteiger partial charge in [0, 0.05) is 23.5 Å².